The molecule has 1 aliphatic rings. The van der Waals surface area contributed by atoms with Crippen molar-refractivity contribution in [3.8, 4) is 11.5 Å². The topological polar surface area (TPSA) is 144 Å². The van der Waals surface area contributed by atoms with Crippen LogP contribution in [0.5, 0.6) is 11.5 Å². The van der Waals surface area contributed by atoms with Crippen LogP contribution in [0.15, 0.2) is 52.3 Å². The fourth-order valence-electron chi connectivity index (χ4n) is 4.27. The SMILES string of the molecule is C=c1ccc2c(c1S(=O)(=O)O)Oc1c(ccc(N)c1S(=O)(=O)O)C=2c1ccc(C(C)(C)C)cc1C. The summed E-state index contributed by atoms with van der Waals surface area (Å²) in [7, 11) is -9.69. The summed E-state index contributed by atoms with van der Waals surface area (Å²) in [5.41, 5.74) is 8.77. The van der Waals surface area contributed by atoms with Crippen molar-refractivity contribution in [2.45, 2.75) is 42.9 Å². The molecule has 3 aromatic carbocycles. The molecule has 4 N–H and O–H groups in total. The maximum absolute atomic E-state index is 12.3. The van der Waals surface area contributed by atoms with Gasteiger partial charge in [-0.1, -0.05) is 51.6 Å². The molecule has 0 amide bonds. The molecular weight excluding hydrogens is 490 g/mol. The van der Waals surface area contributed by atoms with Gasteiger partial charge in [-0.05, 0) is 52.4 Å². The highest BCUT2D eigenvalue weighted by atomic mass is 32.2. The van der Waals surface area contributed by atoms with Crippen molar-refractivity contribution in [2.75, 3.05) is 5.73 Å². The highest BCUT2D eigenvalue weighted by molar-refractivity contribution is 7.86. The van der Waals surface area contributed by atoms with E-state index < -0.39 is 30.0 Å². The molecule has 0 aliphatic carbocycles. The van der Waals surface area contributed by atoms with Crippen LogP contribution in [0, 0.1) is 6.92 Å². The molecule has 0 unspecified atom stereocenters. The zero-order valence-corrected chi connectivity index (χ0v) is 21.2. The average Bonchev–Trinajstić information content (AvgIpc) is 2.69. The molecule has 4 rings (SSSR count). The lowest BCUT2D eigenvalue weighted by Crippen LogP contribution is -2.26. The number of rotatable bonds is 3. The number of hydrogen-bond donors (Lipinski definition) is 3. The van der Waals surface area contributed by atoms with Crippen LogP contribution in [0.4, 0.5) is 5.69 Å². The molecule has 0 saturated carbocycles. The number of hydrogen-bond acceptors (Lipinski definition) is 6. The largest absolute Gasteiger partial charge is 0.453 e. The molecule has 0 atom stereocenters. The fraction of sp³-hybridized carbons (Fsp3) is 0.200. The molecule has 0 spiro atoms. The zero-order chi connectivity index (χ0) is 26.1. The summed E-state index contributed by atoms with van der Waals surface area (Å²) in [4.78, 5) is -1.30. The first-order valence-corrected chi connectivity index (χ1v) is 13.4. The molecule has 0 bridgehead atoms. The van der Waals surface area contributed by atoms with Gasteiger partial charge >= 0.3 is 0 Å². The zero-order valence-electron chi connectivity index (χ0n) is 19.6. The first-order chi connectivity index (χ1) is 16.0. The summed E-state index contributed by atoms with van der Waals surface area (Å²) < 4.78 is 74.8. The van der Waals surface area contributed by atoms with Crippen LogP contribution in [0.2, 0.25) is 0 Å². The van der Waals surface area contributed by atoms with Crippen LogP contribution in [0.3, 0.4) is 0 Å². The number of anilines is 1. The number of nitrogen functional groups attached to an aromatic ring is 1. The Hall–Kier alpha value is -3.18. The second-order valence-corrected chi connectivity index (χ2v) is 12.2. The highest BCUT2D eigenvalue weighted by Gasteiger charge is 2.33. The summed E-state index contributed by atoms with van der Waals surface area (Å²) in [5.74, 6) is -0.651. The fourth-order valence-corrected chi connectivity index (χ4v) is 5.81. The summed E-state index contributed by atoms with van der Waals surface area (Å²) >= 11 is 0. The molecule has 184 valence electrons. The Balaban J connectivity index is 2.25. The number of nitrogens with two attached hydrogens (primary N) is 1. The third kappa shape index (κ3) is 4.23. The van der Waals surface area contributed by atoms with Gasteiger partial charge < -0.3 is 10.5 Å². The molecule has 0 aromatic heterocycles. The molecule has 0 fully saturated rings. The second kappa shape index (κ2) is 7.92. The molecule has 0 radical (unpaired) electrons. The predicted octanol–water partition coefficient (Wildman–Crippen LogP) is 3.13. The minimum atomic E-state index is -4.87. The maximum atomic E-state index is 12.3. The van der Waals surface area contributed by atoms with E-state index in [1.165, 1.54) is 12.1 Å². The maximum Gasteiger partial charge on any atom is 0.300 e. The Morgan fingerprint density at radius 1 is 0.857 bits per heavy atom. The van der Waals surface area contributed by atoms with E-state index in [1.54, 1.807) is 12.1 Å². The minimum absolute atomic E-state index is 0.0499. The van der Waals surface area contributed by atoms with Crippen molar-refractivity contribution in [1.82, 2.24) is 0 Å². The quantitative estimate of drug-likeness (QED) is 0.279. The molecule has 1 heterocycles. The predicted molar refractivity (Wildman–Crippen MR) is 133 cm³/mol. The van der Waals surface area contributed by atoms with Gasteiger partial charge in [0.1, 0.15) is 4.90 Å². The van der Waals surface area contributed by atoms with Gasteiger partial charge in [0, 0.05) is 16.4 Å². The van der Waals surface area contributed by atoms with Crippen LogP contribution in [-0.4, -0.2) is 25.9 Å². The van der Waals surface area contributed by atoms with E-state index in [2.05, 4.69) is 27.4 Å². The van der Waals surface area contributed by atoms with Crippen LogP contribution in [0.25, 0.3) is 12.2 Å². The van der Waals surface area contributed by atoms with Gasteiger partial charge in [-0.2, -0.15) is 16.8 Å². The normalized spacial score (nSPS) is 13.7. The van der Waals surface area contributed by atoms with Crippen molar-refractivity contribution < 1.29 is 30.7 Å². The average molecular weight is 516 g/mol. The number of benzene rings is 3. The second-order valence-electron chi connectivity index (χ2n) is 9.50. The van der Waals surface area contributed by atoms with Gasteiger partial charge in [-0.3, -0.25) is 9.11 Å². The van der Waals surface area contributed by atoms with Crippen LogP contribution >= 0.6 is 0 Å². The van der Waals surface area contributed by atoms with E-state index in [0.29, 0.717) is 16.4 Å². The standard InChI is InChI=1S/C25H25NO7S2/c1-13-6-8-17-20(16-9-7-15(12-14(16)2)25(3,4)5)18-10-11-19(26)24(35(30,31)32)22(18)33-21(17)23(13)34(27,28)29/h6-12H,1,26H2,2-5H3,(H,27,28,29)(H,30,31,32). The summed E-state index contributed by atoms with van der Waals surface area (Å²) in [6, 6.07) is 11.7. The first-order valence-electron chi connectivity index (χ1n) is 10.5. The Bertz CT molecular complexity index is 1730. The first kappa shape index (κ1) is 24.9. The van der Waals surface area contributed by atoms with Crippen molar-refractivity contribution in [2.24, 2.45) is 0 Å². The van der Waals surface area contributed by atoms with Crippen molar-refractivity contribution >= 4 is 38.1 Å². The Labute approximate surface area is 203 Å². The minimum Gasteiger partial charge on any atom is -0.453 e. The van der Waals surface area contributed by atoms with Gasteiger partial charge in [0.05, 0.1) is 5.69 Å². The molecule has 10 heteroatoms. The van der Waals surface area contributed by atoms with E-state index in [1.807, 2.05) is 25.1 Å². The van der Waals surface area contributed by atoms with Crippen molar-refractivity contribution in [1.29, 1.82) is 0 Å². The van der Waals surface area contributed by atoms with E-state index in [9.17, 15) is 25.9 Å². The van der Waals surface area contributed by atoms with E-state index in [-0.39, 0.29) is 33.4 Å². The van der Waals surface area contributed by atoms with E-state index in [0.717, 1.165) is 11.1 Å². The van der Waals surface area contributed by atoms with E-state index >= 15 is 0 Å². The van der Waals surface area contributed by atoms with Crippen LogP contribution in [0.1, 0.15) is 43.0 Å². The molecule has 0 saturated heterocycles. The van der Waals surface area contributed by atoms with Crippen LogP contribution in [-0.2, 0) is 25.7 Å². The van der Waals surface area contributed by atoms with Gasteiger partial charge in [-0.25, -0.2) is 0 Å². The Morgan fingerprint density at radius 3 is 2.00 bits per heavy atom. The third-order valence-corrected chi connectivity index (χ3v) is 7.86. The van der Waals surface area contributed by atoms with E-state index in [4.69, 9.17) is 10.5 Å². The number of ether oxygens (including phenoxy) is 1. The summed E-state index contributed by atoms with van der Waals surface area (Å²) in [5, 5.41) is 0.251. The summed E-state index contributed by atoms with van der Waals surface area (Å²) in [6.45, 7) is 11.8. The number of fused-ring (bicyclic) bond motifs is 2. The Kier molecular flexibility index (Phi) is 5.64. The van der Waals surface area contributed by atoms with Gasteiger partial charge in [-0.15, -0.1) is 0 Å². The lowest BCUT2D eigenvalue weighted by atomic mass is 9.83. The van der Waals surface area contributed by atoms with Gasteiger partial charge in [0.25, 0.3) is 20.2 Å². The number of aryl methyl sites for hydroxylation is 1. The van der Waals surface area contributed by atoms with Crippen molar-refractivity contribution in [3.63, 3.8) is 0 Å². The lowest BCUT2D eigenvalue weighted by Gasteiger charge is -2.26. The molecule has 1 aliphatic heterocycles. The Morgan fingerprint density at radius 2 is 1.46 bits per heavy atom. The monoisotopic (exact) mass is 515 g/mol. The highest BCUT2D eigenvalue weighted by Crippen LogP contribution is 2.44. The van der Waals surface area contributed by atoms with Crippen molar-refractivity contribution in [3.05, 3.63) is 75.2 Å². The van der Waals surface area contributed by atoms with Gasteiger partial charge in [0.2, 0.25) is 0 Å². The smallest absolute Gasteiger partial charge is 0.300 e. The van der Waals surface area contributed by atoms with Crippen LogP contribution < -0.4 is 20.9 Å². The molecule has 8 nitrogen and oxygen atoms in total. The third-order valence-electron chi connectivity index (χ3n) is 5.96. The molecular formula is C25H25NO7S2. The molecule has 3 aromatic rings. The molecule has 35 heavy (non-hydrogen) atoms. The summed E-state index contributed by atoms with van der Waals surface area (Å²) in [6.07, 6.45) is 0. The van der Waals surface area contributed by atoms with Gasteiger partial charge in [0.15, 0.2) is 16.4 Å². The lowest BCUT2D eigenvalue weighted by molar-refractivity contribution is 0.426.